The molecule has 86 valence electrons. The van der Waals surface area contributed by atoms with Gasteiger partial charge in [0.1, 0.15) is 0 Å². The highest BCUT2D eigenvalue weighted by molar-refractivity contribution is 5.73. The summed E-state index contributed by atoms with van der Waals surface area (Å²) in [7, 11) is 0. The van der Waals surface area contributed by atoms with E-state index in [1.807, 2.05) is 6.92 Å². The molecule has 0 aromatic rings. The number of nitrogens with one attached hydrogen (secondary N) is 1. The molecule has 0 saturated carbocycles. The highest BCUT2D eigenvalue weighted by Crippen LogP contribution is 2.31. The van der Waals surface area contributed by atoms with Gasteiger partial charge in [-0.15, -0.1) is 0 Å². The van der Waals surface area contributed by atoms with E-state index in [1.54, 1.807) is 0 Å². The van der Waals surface area contributed by atoms with Crippen LogP contribution in [0.2, 0.25) is 0 Å². The zero-order valence-electron chi connectivity index (χ0n) is 9.20. The highest BCUT2D eigenvalue weighted by Gasteiger charge is 2.40. The van der Waals surface area contributed by atoms with E-state index in [-0.39, 0.29) is 11.9 Å². The molecule has 2 rings (SSSR count). The fraction of sp³-hybridized carbons (Fsp3) is 0.909. The molecule has 1 unspecified atom stereocenters. The molecule has 0 bridgehead atoms. The molecule has 4 heteroatoms. The van der Waals surface area contributed by atoms with Gasteiger partial charge in [0.15, 0.2) is 0 Å². The number of esters is 1. The predicted molar refractivity (Wildman–Crippen MR) is 55.4 cm³/mol. The van der Waals surface area contributed by atoms with Gasteiger partial charge in [0.2, 0.25) is 0 Å². The number of hydrogen-bond acceptors (Lipinski definition) is 4. The van der Waals surface area contributed by atoms with Crippen molar-refractivity contribution in [1.82, 2.24) is 5.32 Å². The first-order chi connectivity index (χ1) is 7.33. The predicted octanol–water partition coefficient (Wildman–Crippen LogP) is 0.422. The Bertz CT molecular complexity index is 226. The zero-order valence-corrected chi connectivity index (χ0v) is 9.20. The minimum Gasteiger partial charge on any atom is -0.466 e. The SMILES string of the molecule is CCOC(=O)[C@@H]1CNC[C@H]1C1CCOC1. The summed E-state index contributed by atoms with van der Waals surface area (Å²) in [6, 6.07) is 0. The van der Waals surface area contributed by atoms with E-state index in [0.29, 0.717) is 18.4 Å². The summed E-state index contributed by atoms with van der Waals surface area (Å²) in [5.41, 5.74) is 0. The maximum atomic E-state index is 11.7. The normalized spacial score (nSPS) is 35.7. The van der Waals surface area contributed by atoms with Gasteiger partial charge in [-0.3, -0.25) is 4.79 Å². The largest absolute Gasteiger partial charge is 0.466 e. The van der Waals surface area contributed by atoms with E-state index in [9.17, 15) is 4.79 Å². The Morgan fingerprint density at radius 1 is 1.53 bits per heavy atom. The first kappa shape index (κ1) is 10.9. The first-order valence-corrected chi connectivity index (χ1v) is 5.78. The minimum absolute atomic E-state index is 0.0386. The van der Waals surface area contributed by atoms with Crippen LogP contribution in [-0.4, -0.2) is 38.9 Å². The van der Waals surface area contributed by atoms with Gasteiger partial charge in [0.25, 0.3) is 0 Å². The summed E-state index contributed by atoms with van der Waals surface area (Å²) < 4.78 is 10.5. The molecule has 2 heterocycles. The summed E-state index contributed by atoms with van der Waals surface area (Å²) in [5.74, 6) is 0.942. The smallest absolute Gasteiger partial charge is 0.310 e. The molecule has 2 aliphatic rings. The van der Waals surface area contributed by atoms with Crippen LogP contribution in [0.25, 0.3) is 0 Å². The summed E-state index contributed by atoms with van der Waals surface area (Å²) >= 11 is 0. The van der Waals surface area contributed by atoms with E-state index in [2.05, 4.69) is 5.32 Å². The van der Waals surface area contributed by atoms with Gasteiger partial charge in [-0.25, -0.2) is 0 Å². The molecule has 0 aliphatic carbocycles. The van der Waals surface area contributed by atoms with Crippen molar-refractivity contribution in [2.45, 2.75) is 13.3 Å². The van der Waals surface area contributed by atoms with E-state index < -0.39 is 0 Å². The van der Waals surface area contributed by atoms with Crippen LogP contribution >= 0.6 is 0 Å². The summed E-state index contributed by atoms with van der Waals surface area (Å²) in [6.45, 7) is 5.67. The average molecular weight is 213 g/mol. The molecule has 3 atom stereocenters. The number of hydrogen-bond donors (Lipinski definition) is 1. The highest BCUT2D eigenvalue weighted by atomic mass is 16.5. The van der Waals surface area contributed by atoms with Gasteiger partial charge >= 0.3 is 5.97 Å². The Labute approximate surface area is 90.3 Å². The van der Waals surface area contributed by atoms with Crippen LogP contribution in [0.4, 0.5) is 0 Å². The molecule has 15 heavy (non-hydrogen) atoms. The lowest BCUT2D eigenvalue weighted by Gasteiger charge is -2.21. The van der Waals surface area contributed by atoms with E-state index in [1.165, 1.54) is 0 Å². The molecule has 2 fully saturated rings. The Hall–Kier alpha value is -0.610. The molecule has 1 N–H and O–H groups in total. The van der Waals surface area contributed by atoms with E-state index in [4.69, 9.17) is 9.47 Å². The molecule has 2 aliphatic heterocycles. The van der Waals surface area contributed by atoms with E-state index in [0.717, 1.165) is 32.7 Å². The number of carbonyl (C=O) groups excluding carboxylic acids is 1. The molecule has 0 aromatic heterocycles. The quantitative estimate of drug-likeness (QED) is 0.690. The zero-order chi connectivity index (χ0) is 10.7. The minimum atomic E-state index is -0.0422. The van der Waals surface area contributed by atoms with Crippen molar-refractivity contribution < 1.29 is 14.3 Å². The molecular weight excluding hydrogens is 194 g/mol. The summed E-state index contributed by atoms with van der Waals surface area (Å²) in [4.78, 5) is 11.7. The van der Waals surface area contributed by atoms with Crippen molar-refractivity contribution in [1.29, 1.82) is 0 Å². The molecule has 0 radical (unpaired) electrons. The van der Waals surface area contributed by atoms with Crippen molar-refractivity contribution in [2.24, 2.45) is 17.8 Å². The van der Waals surface area contributed by atoms with Crippen LogP contribution in [-0.2, 0) is 14.3 Å². The van der Waals surface area contributed by atoms with Gasteiger partial charge in [0.05, 0.1) is 12.5 Å². The number of carbonyl (C=O) groups is 1. The van der Waals surface area contributed by atoms with E-state index >= 15 is 0 Å². The molecule has 4 nitrogen and oxygen atoms in total. The second-order valence-corrected chi connectivity index (χ2v) is 4.30. The third-order valence-corrected chi connectivity index (χ3v) is 3.42. The maximum absolute atomic E-state index is 11.7. The van der Waals surface area contributed by atoms with Crippen LogP contribution in [0.5, 0.6) is 0 Å². The third kappa shape index (κ3) is 2.32. The lowest BCUT2D eigenvalue weighted by molar-refractivity contribution is -0.149. The lowest BCUT2D eigenvalue weighted by Crippen LogP contribution is -2.30. The van der Waals surface area contributed by atoms with Crippen LogP contribution < -0.4 is 5.32 Å². The molecule has 2 saturated heterocycles. The first-order valence-electron chi connectivity index (χ1n) is 5.78. The van der Waals surface area contributed by atoms with Crippen LogP contribution in [0.1, 0.15) is 13.3 Å². The van der Waals surface area contributed by atoms with Gasteiger partial charge in [-0.1, -0.05) is 0 Å². The molecular formula is C11H19NO3. The summed E-state index contributed by atoms with van der Waals surface area (Å²) in [6.07, 6.45) is 1.09. The average Bonchev–Trinajstić information content (AvgIpc) is 2.88. The number of rotatable bonds is 3. The van der Waals surface area contributed by atoms with Gasteiger partial charge in [-0.05, 0) is 31.7 Å². The monoisotopic (exact) mass is 213 g/mol. The van der Waals surface area contributed by atoms with Gasteiger partial charge in [-0.2, -0.15) is 0 Å². The topological polar surface area (TPSA) is 47.6 Å². The fourth-order valence-corrected chi connectivity index (χ4v) is 2.59. The third-order valence-electron chi connectivity index (χ3n) is 3.42. The standard InChI is InChI=1S/C11H19NO3/c1-2-15-11(13)10-6-12-5-9(10)8-3-4-14-7-8/h8-10,12H,2-7H2,1H3/t8?,9-,10+/m0/s1. The van der Waals surface area contributed by atoms with Crippen molar-refractivity contribution in [3.63, 3.8) is 0 Å². The Balaban J connectivity index is 1.94. The maximum Gasteiger partial charge on any atom is 0.310 e. The molecule has 0 aromatic carbocycles. The summed E-state index contributed by atoms with van der Waals surface area (Å²) in [5, 5.41) is 3.28. The second kappa shape index (κ2) is 4.94. The van der Waals surface area contributed by atoms with Crippen molar-refractivity contribution in [3.05, 3.63) is 0 Å². The van der Waals surface area contributed by atoms with Crippen LogP contribution in [0, 0.1) is 17.8 Å². The second-order valence-electron chi connectivity index (χ2n) is 4.30. The lowest BCUT2D eigenvalue weighted by atomic mass is 9.83. The van der Waals surface area contributed by atoms with Crippen molar-refractivity contribution in [3.8, 4) is 0 Å². The van der Waals surface area contributed by atoms with Gasteiger partial charge < -0.3 is 14.8 Å². The molecule has 0 spiro atoms. The number of ether oxygens (including phenoxy) is 2. The molecule has 0 amide bonds. The van der Waals surface area contributed by atoms with Crippen molar-refractivity contribution >= 4 is 5.97 Å². The van der Waals surface area contributed by atoms with Crippen molar-refractivity contribution in [2.75, 3.05) is 32.9 Å². The Morgan fingerprint density at radius 2 is 2.40 bits per heavy atom. The fourth-order valence-electron chi connectivity index (χ4n) is 2.59. The van der Waals surface area contributed by atoms with Gasteiger partial charge in [0, 0.05) is 19.8 Å². The Kier molecular flexibility index (Phi) is 3.59. The van der Waals surface area contributed by atoms with Crippen LogP contribution in [0.3, 0.4) is 0 Å². The van der Waals surface area contributed by atoms with Crippen LogP contribution in [0.15, 0.2) is 0 Å². The Morgan fingerprint density at radius 3 is 3.07 bits per heavy atom.